The van der Waals surface area contributed by atoms with Gasteiger partial charge in [0.1, 0.15) is 0 Å². The van der Waals surface area contributed by atoms with Crippen LogP contribution in [-0.4, -0.2) is 61.0 Å². The summed E-state index contributed by atoms with van der Waals surface area (Å²) in [6.45, 7) is 6.21. The molecule has 2 aliphatic rings. The molecule has 0 amide bonds. The van der Waals surface area contributed by atoms with Crippen LogP contribution in [0.2, 0.25) is 0 Å². The van der Waals surface area contributed by atoms with Crippen molar-refractivity contribution in [2.45, 2.75) is 63.8 Å². The lowest BCUT2D eigenvalue weighted by molar-refractivity contribution is -0.0880. The normalized spacial score (nSPS) is 26.9. The Hall–Kier alpha value is -0.270. The number of hydrogen-bond acceptors (Lipinski definition) is 3. The molecular weight excluding hydrogens is 310 g/mol. The lowest BCUT2D eigenvalue weighted by Crippen LogP contribution is -2.59. The molecule has 0 radical (unpaired) electrons. The highest BCUT2D eigenvalue weighted by Gasteiger charge is 2.46. The van der Waals surface area contributed by atoms with E-state index in [9.17, 15) is 17.2 Å². The van der Waals surface area contributed by atoms with Gasteiger partial charge in [0.15, 0.2) is 0 Å². The number of piperazine rings is 1. The van der Waals surface area contributed by atoms with Gasteiger partial charge in [0.25, 0.3) is 0 Å². The Kier molecular flexibility index (Phi) is 5.50. The number of alkyl halides is 2. The summed E-state index contributed by atoms with van der Waals surface area (Å²) in [5.74, 6) is -2.33. The second kappa shape index (κ2) is 6.69. The quantitative estimate of drug-likeness (QED) is 0.774. The maximum Gasteiger partial charge on any atom is 0.248 e. The fraction of sp³-hybridized carbons (Fsp3) is 1.00. The van der Waals surface area contributed by atoms with E-state index < -0.39 is 15.9 Å². The average molecular weight is 338 g/mol. The monoisotopic (exact) mass is 338 g/mol. The molecule has 130 valence electrons. The van der Waals surface area contributed by atoms with E-state index in [-0.39, 0.29) is 24.1 Å². The van der Waals surface area contributed by atoms with E-state index in [1.165, 1.54) is 0 Å². The first kappa shape index (κ1) is 18.1. The van der Waals surface area contributed by atoms with Gasteiger partial charge in [-0.15, -0.1) is 0 Å². The minimum atomic E-state index is -3.15. The van der Waals surface area contributed by atoms with E-state index in [4.69, 9.17) is 0 Å². The molecule has 22 heavy (non-hydrogen) atoms. The van der Waals surface area contributed by atoms with E-state index in [0.717, 1.165) is 6.42 Å². The number of rotatable bonds is 5. The molecule has 7 heteroatoms. The summed E-state index contributed by atoms with van der Waals surface area (Å²) in [5, 5.41) is 0. The molecule has 0 aromatic heterocycles. The number of halogens is 2. The van der Waals surface area contributed by atoms with Gasteiger partial charge in [-0.3, -0.25) is 4.90 Å². The SMILES string of the molecule is CCCS(=O)(=O)N1CCN(C2(CC)CCC(F)(F)CC2)CC1. The third kappa shape index (κ3) is 3.79. The zero-order chi connectivity index (χ0) is 16.4. The predicted octanol–water partition coefficient (Wildman–Crippen LogP) is 2.70. The van der Waals surface area contributed by atoms with Crippen LogP contribution in [0.4, 0.5) is 8.78 Å². The summed E-state index contributed by atoms with van der Waals surface area (Å²) in [6, 6.07) is 0. The zero-order valence-corrected chi connectivity index (χ0v) is 14.5. The van der Waals surface area contributed by atoms with E-state index in [1.54, 1.807) is 4.31 Å². The van der Waals surface area contributed by atoms with E-state index in [1.807, 2.05) is 6.92 Å². The first-order valence-corrected chi connectivity index (χ1v) is 9.96. The lowest BCUT2D eigenvalue weighted by Gasteiger charge is -2.50. The highest BCUT2D eigenvalue weighted by Crippen LogP contribution is 2.43. The van der Waals surface area contributed by atoms with E-state index in [0.29, 0.717) is 45.4 Å². The molecule has 1 aliphatic carbocycles. The van der Waals surface area contributed by atoms with Crippen LogP contribution in [0, 0.1) is 0 Å². The Morgan fingerprint density at radius 2 is 1.50 bits per heavy atom. The maximum absolute atomic E-state index is 13.4. The summed E-state index contributed by atoms with van der Waals surface area (Å²) in [5.41, 5.74) is -0.164. The standard InChI is InChI=1S/C15H28F2N2O2S/c1-3-13-22(20,21)19-11-9-18(10-12-19)14(4-2)5-7-15(16,17)8-6-14/h3-13H2,1-2H3. The first-order valence-electron chi connectivity index (χ1n) is 8.35. The van der Waals surface area contributed by atoms with Crippen LogP contribution >= 0.6 is 0 Å². The minimum Gasteiger partial charge on any atom is -0.295 e. The molecule has 1 heterocycles. The van der Waals surface area contributed by atoms with Crippen LogP contribution in [0.5, 0.6) is 0 Å². The largest absolute Gasteiger partial charge is 0.295 e. The molecule has 0 atom stereocenters. The van der Waals surface area contributed by atoms with Crippen molar-refractivity contribution >= 4 is 10.0 Å². The molecule has 0 spiro atoms. The van der Waals surface area contributed by atoms with Gasteiger partial charge < -0.3 is 0 Å². The van der Waals surface area contributed by atoms with Gasteiger partial charge in [-0.1, -0.05) is 13.8 Å². The molecule has 0 bridgehead atoms. The topological polar surface area (TPSA) is 40.6 Å². The predicted molar refractivity (Wildman–Crippen MR) is 83.7 cm³/mol. The number of nitrogens with zero attached hydrogens (tertiary/aromatic N) is 2. The molecule has 1 saturated carbocycles. The van der Waals surface area contributed by atoms with Gasteiger partial charge in [0.05, 0.1) is 5.75 Å². The fourth-order valence-corrected chi connectivity index (χ4v) is 5.30. The maximum atomic E-state index is 13.4. The second-order valence-corrected chi connectivity index (χ2v) is 8.72. The van der Waals surface area contributed by atoms with Crippen LogP contribution in [0.1, 0.15) is 52.4 Å². The van der Waals surface area contributed by atoms with Crippen molar-refractivity contribution in [3.63, 3.8) is 0 Å². The van der Waals surface area contributed by atoms with Crippen LogP contribution in [0.3, 0.4) is 0 Å². The van der Waals surface area contributed by atoms with Crippen LogP contribution in [0.15, 0.2) is 0 Å². The van der Waals surface area contributed by atoms with Crippen molar-refractivity contribution < 1.29 is 17.2 Å². The molecule has 2 fully saturated rings. The highest BCUT2D eigenvalue weighted by molar-refractivity contribution is 7.89. The highest BCUT2D eigenvalue weighted by atomic mass is 32.2. The molecule has 0 aromatic rings. The zero-order valence-electron chi connectivity index (χ0n) is 13.7. The van der Waals surface area contributed by atoms with Crippen molar-refractivity contribution in [3.8, 4) is 0 Å². The van der Waals surface area contributed by atoms with Gasteiger partial charge in [0, 0.05) is 44.6 Å². The Bertz CT molecular complexity index is 464. The number of sulfonamides is 1. The Labute approximate surface area is 132 Å². The van der Waals surface area contributed by atoms with E-state index in [2.05, 4.69) is 11.8 Å². The minimum absolute atomic E-state index is 0.0464. The Balaban J connectivity index is 1.98. The van der Waals surface area contributed by atoms with Gasteiger partial charge in [-0.05, 0) is 25.7 Å². The van der Waals surface area contributed by atoms with Crippen molar-refractivity contribution in [2.24, 2.45) is 0 Å². The molecule has 0 aromatic carbocycles. The summed E-state index contributed by atoms with van der Waals surface area (Å²) in [4.78, 5) is 2.26. The van der Waals surface area contributed by atoms with Gasteiger partial charge in [-0.2, -0.15) is 4.31 Å². The molecule has 1 aliphatic heterocycles. The Morgan fingerprint density at radius 3 is 1.95 bits per heavy atom. The van der Waals surface area contributed by atoms with Crippen molar-refractivity contribution in [1.82, 2.24) is 9.21 Å². The third-order valence-corrected chi connectivity index (χ3v) is 7.41. The molecule has 2 rings (SSSR count). The van der Waals surface area contributed by atoms with Crippen molar-refractivity contribution in [3.05, 3.63) is 0 Å². The van der Waals surface area contributed by atoms with Gasteiger partial charge in [-0.25, -0.2) is 17.2 Å². The van der Waals surface area contributed by atoms with Crippen molar-refractivity contribution in [1.29, 1.82) is 0 Å². The lowest BCUT2D eigenvalue weighted by atomic mass is 9.76. The van der Waals surface area contributed by atoms with Gasteiger partial charge >= 0.3 is 0 Å². The van der Waals surface area contributed by atoms with Crippen LogP contribution in [0.25, 0.3) is 0 Å². The fourth-order valence-electron chi connectivity index (χ4n) is 3.80. The summed E-state index contributed by atoms with van der Waals surface area (Å²) in [6.07, 6.45) is 2.40. The molecular formula is C15H28F2N2O2S. The molecule has 4 nitrogen and oxygen atoms in total. The second-order valence-electron chi connectivity index (χ2n) is 6.64. The first-order chi connectivity index (χ1) is 10.2. The molecule has 0 unspecified atom stereocenters. The van der Waals surface area contributed by atoms with E-state index >= 15 is 0 Å². The molecule has 1 saturated heterocycles. The van der Waals surface area contributed by atoms with Crippen LogP contribution in [-0.2, 0) is 10.0 Å². The molecule has 0 N–H and O–H groups in total. The van der Waals surface area contributed by atoms with Gasteiger partial charge in [0.2, 0.25) is 15.9 Å². The summed E-state index contributed by atoms with van der Waals surface area (Å²) >= 11 is 0. The Morgan fingerprint density at radius 1 is 0.955 bits per heavy atom. The summed E-state index contributed by atoms with van der Waals surface area (Å²) in [7, 11) is -3.15. The van der Waals surface area contributed by atoms with Crippen LogP contribution < -0.4 is 0 Å². The number of hydrogen-bond donors (Lipinski definition) is 0. The smallest absolute Gasteiger partial charge is 0.248 e. The summed E-state index contributed by atoms with van der Waals surface area (Å²) < 4.78 is 52.7. The third-order valence-electron chi connectivity index (χ3n) is 5.34. The average Bonchev–Trinajstić information content (AvgIpc) is 2.48. The van der Waals surface area contributed by atoms with Crippen molar-refractivity contribution in [2.75, 3.05) is 31.9 Å².